The van der Waals surface area contributed by atoms with E-state index in [-0.39, 0.29) is 11.9 Å². The van der Waals surface area contributed by atoms with Crippen molar-refractivity contribution < 1.29 is 4.79 Å². The van der Waals surface area contributed by atoms with Gasteiger partial charge >= 0.3 is 0 Å². The Morgan fingerprint density at radius 3 is 2.45 bits per heavy atom. The lowest BCUT2D eigenvalue weighted by atomic mass is 9.97. The lowest BCUT2D eigenvalue weighted by Crippen LogP contribution is -2.27. The van der Waals surface area contributed by atoms with Crippen LogP contribution in [0.15, 0.2) is 78.9 Å². The molecule has 0 radical (unpaired) electrons. The second-order valence-electron chi connectivity index (χ2n) is 7.89. The van der Waals surface area contributed by atoms with Crippen LogP contribution in [0.5, 0.6) is 0 Å². The number of aryl methyl sites for hydroxylation is 1. The standard InChI is InChI=1S/C26H24N2O/c1-18-11-13-20(14-12-18)25-21-9-5-6-10-22(21)27-26(25)23-15-16-24(29)28(23)17-19-7-3-2-4-8-19/h2-14,23,27H,15-17H2,1H3/t23-/m1/s1. The molecule has 3 aromatic carbocycles. The van der Waals surface area contributed by atoms with Crippen LogP contribution in [0.4, 0.5) is 0 Å². The van der Waals surface area contributed by atoms with Gasteiger partial charge in [0.15, 0.2) is 0 Å². The van der Waals surface area contributed by atoms with E-state index in [2.05, 4.69) is 72.6 Å². The molecule has 0 unspecified atom stereocenters. The first-order valence-electron chi connectivity index (χ1n) is 10.2. The predicted molar refractivity (Wildman–Crippen MR) is 117 cm³/mol. The van der Waals surface area contributed by atoms with E-state index in [1.807, 2.05) is 23.1 Å². The van der Waals surface area contributed by atoms with Crippen LogP contribution in [0.1, 0.15) is 35.7 Å². The van der Waals surface area contributed by atoms with Crippen molar-refractivity contribution in [2.24, 2.45) is 0 Å². The van der Waals surface area contributed by atoms with Crippen LogP contribution in [0.2, 0.25) is 0 Å². The summed E-state index contributed by atoms with van der Waals surface area (Å²) in [5.74, 6) is 0.229. The zero-order chi connectivity index (χ0) is 19.8. The molecule has 0 aliphatic carbocycles. The molecule has 1 aliphatic heterocycles. The van der Waals surface area contributed by atoms with E-state index in [4.69, 9.17) is 0 Å². The lowest BCUT2D eigenvalue weighted by molar-refractivity contribution is -0.129. The number of fused-ring (bicyclic) bond motifs is 1. The second kappa shape index (κ2) is 7.25. The van der Waals surface area contributed by atoms with E-state index < -0.39 is 0 Å². The molecular weight excluding hydrogens is 356 g/mol. The molecule has 0 spiro atoms. The maximum absolute atomic E-state index is 12.8. The Kier molecular flexibility index (Phi) is 4.44. The smallest absolute Gasteiger partial charge is 0.223 e. The van der Waals surface area contributed by atoms with Crippen molar-refractivity contribution in [1.82, 2.24) is 9.88 Å². The van der Waals surface area contributed by atoms with Gasteiger partial charge in [-0.05, 0) is 30.5 Å². The Balaban J connectivity index is 1.63. The van der Waals surface area contributed by atoms with Gasteiger partial charge in [0.2, 0.25) is 5.91 Å². The normalized spacial score (nSPS) is 16.7. The van der Waals surface area contributed by atoms with E-state index in [1.165, 1.54) is 27.6 Å². The summed E-state index contributed by atoms with van der Waals surface area (Å²) in [4.78, 5) is 18.5. The summed E-state index contributed by atoms with van der Waals surface area (Å²) in [6, 6.07) is 27.4. The van der Waals surface area contributed by atoms with Gasteiger partial charge in [-0.2, -0.15) is 0 Å². The summed E-state index contributed by atoms with van der Waals surface area (Å²) in [5, 5.41) is 1.21. The van der Waals surface area contributed by atoms with E-state index in [0.29, 0.717) is 13.0 Å². The van der Waals surface area contributed by atoms with Gasteiger partial charge in [-0.3, -0.25) is 4.79 Å². The van der Waals surface area contributed by atoms with Crippen LogP contribution in [-0.2, 0) is 11.3 Å². The number of likely N-dealkylation sites (tertiary alicyclic amines) is 1. The molecule has 3 nitrogen and oxygen atoms in total. The van der Waals surface area contributed by atoms with Crippen molar-refractivity contribution >= 4 is 16.8 Å². The minimum absolute atomic E-state index is 0.0615. The molecule has 1 aromatic heterocycles. The number of hydrogen-bond acceptors (Lipinski definition) is 1. The van der Waals surface area contributed by atoms with Gasteiger partial charge in [-0.1, -0.05) is 78.4 Å². The van der Waals surface area contributed by atoms with Crippen LogP contribution in [0.3, 0.4) is 0 Å². The predicted octanol–water partition coefficient (Wildman–Crippen LogP) is 6.01. The highest BCUT2D eigenvalue weighted by Gasteiger charge is 2.35. The van der Waals surface area contributed by atoms with Gasteiger partial charge in [0.25, 0.3) is 0 Å². The second-order valence-corrected chi connectivity index (χ2v) is 7.89. The molecule has 144 valence electrons. The first-order chi connectivity index (χ1) is 14.2. The summed E-state index contributed by atoms with van der Waals surface area (Å²) < 4.78 is 0. The minimum Gasteiger partial charge on any atom is -0.356 e. The first-order valence-corrected chi connectivity index (χ1v) is 10.2. The summed E-state index contributed by atoms with van der Waals surface area (Å²) >= 11 is 0. The Hall–Kier alpha value is -3.33. The fourth-order valence-electron chi connectivity index (χ4n) is 4.46. The average Bonchev–Trinajstić information content (AvgIpc) is 3.30. The van der Waals surface area contributed by atoms with Crippen LogP contribution in [-0.4, -0.2) is 15.8 Å². The molecule has 1 fully saturated rings. The quantitative estimate of drug-likeness (QED) is 0.463. The molecule has 1 saturated heterocycles. The first kappa shape index (κ1) is 17.7. The van der Waals surface area contributed by atoms with Gasteiger partial charge in [0, 0.05) is 35.1 Å². The number of H-pyrrole nitrogens is 1. The van der Waals surface area contributed by atoms with Crippen molar-refractivity contribution in [3.05, 3.63) is 95.7 Å². The average molecular weight is 380 g/mol. The number of carbonyl (C=O) groups excluding carboxylic acids is 1. The van der Waals surface area contributed by atoms with Crippen molar-refractivity contribution in [3.8, 4) is 11.1 Å². The monoisotopic (exact) mass is 380 g/mol. The molecule has 0 saturated carbocycles. The SMILES string of the molecule is Cc1ccc(-c2c([C@H]3CCC(=O)N3Cc3ccccc3)[nH]c3ccccc23)cc1. The molecule has 29 heavy (non-hydrogen) atoms. The third kappa shape index (κ3) is 3.23. The van der Waals surface area contributed by atoms with Crippen molar-refractivity contribution in [3.63, 3.8) is 0 Å². The van der Waals surface area contributed by atoms with Gasteiger partial charge in [0.1, 0.15) is 0 Å². The molecule has 1 aliphatic rings. The summed E-state index contributed by atoms with van der Waals surface area (Å²) in [6.45, 7) is 2.75. The summed E-state index contributed by atoms with van der Waals surface area (Å²) in [5.41, 5.74) is 7.10. The van der Waals surface area contributed by atoms with E-state index in [9.17, 15) is 4.79 Å². The minimum atomic E-state index is 0.0615. The fraction of sp³-hybridized carbons (Fsp3) is 0.192. The number of nitrogens with zero attached hydrogens (tertiary/aromatic N) is 1. The van der Waals surface area contributed by atoms with Crippen molar-refractivity contribution in [2.75, 3.05) is 0 Å². The fourth-order valence-corrected chi connectivity index (χ4v) is 4.46. The van der Waals surface area contributed by atoms with Crippen LogP contribution in [0.25, 0.3) is 22.0 Å². The molecule has 1 N–H and O–H groups in total. The van der Waals surface area contributed by atoms with E-state index >= 15 is 0 Å². The number of aromatic nitrogens is 1. The van der Waals surface area contributed by atoms with Gasteiger partial charge < -0.3 is 9.88 Å². The molecule has 5 rings (SSSR count). The topological polar surface area (TPSA) is 36.1 Å². The highest BCUT2D eigenvalue weighted by atomic mass is 16.2. The lowest BCUT2D eigenvalue weighted by Gasteiger charge is -2.25. The Morgan fingerprint density at radius 1 is 0.931 bits per heavy atom. The molecule has 2 heterocycles. The number of nitrogens with one attached hydrogen (secondary N) is 1. The maximum Gasteiger partial charge on any atom is 0.223 e. The summed E-state index contributed by atoms with van der Waals surface area (Å²) in [6.07, 6.45) is 1.44. The number of amides is 1. The Morgan fingerprint density at radius 2 is 1.66 bits per heavy atom. The number of hydrogen-bond donors (Lipinski definition) is 1. The van der Waals surface area contributed by atoms with E-state index in [1.54, 1.807) is 0 Å². The number of carbonyl (C=O) groups is 1. The largest absolute Gasteiger partial charge is 0.356 e. The third-order valence-electron chi connectivity index (χ3n) is 5.93. The Bertz CT molecular complexity index is 1160. The maximum atomic E-state index is 12.8. The third-order valence-corrected chi connectivity index (χ3v) is 5.93. The molecule has 1 atom stereocenters. The molecule has 0 bridgehead atoms. The van der Waals surface area contributed by atoms with Gasteiger partial charge in [-0.25, -0.2) is 0 Å². The highest BCUT2D eigenvalue weighted by Crippen LogP contribution is 2.42. The van der Waals surface area contributed by atoms with Crippen molar-refractivity contribution in [2.45, 2.75) is 32.4 Å². The van der Waals surface area contributed by atoms with Gasteiger partial charge in [-0.15, -0.1) is 0 Å². The van der Waals surface area contributed by atoms with Crippen LogP contribution < -0.4 is 0 Å². The number of rotatable bonds is 4. The molecule has 3 heteroatoms. The van der Waals surface area contributed by atoms with Crippen molar-refractivity contribution in [1.29, 1.82) is 0 Å². The molecule has 4 aromatic rings. The highest BCUT2D eigenvalue weighted by molar-refractivity contribution is 5.98. The summed E-state index contributed by atoms with van der Waals surface area (Å²) in [7, 11) is 0. The molecular formula is C26H24N2O. The van der Waals surface area contributed by atoms with Crippen LogP contribution >= 0.6 is 0 Å². The Labute approximate surface area is 171 Å². The number of benzene rings is 3. The molecule has 1 amide bonds. The number of para-hydroxylation sites is 1. The van der Waals surface area contributed by atoms with Crippen LogP contribution in [0, 0.1) is 6.92 Å². The van der Waals surface area contributed by atoms with E-state index in [0.717, 1.165) is 17.6 Å². The zero-order valence-electron chi connectivity index (χ0n) is 16.6. The number of aromatic amines is 1. The zero-order valence-corrected chi connectivity index (χ0v) is 16.6. The van der Waals surface area contributed by atoms with Gasteiger partial charge in [0.05, 0.1) is 6.04 Å².